The molecular formula is C11H12ClFN2O2. The lowest BCUT2D eigenvalue weighted by molar-refractivity contribution is 0.0723. The van der Waals surface area contributed by atoms with E-state index in [0.717, 1.165) is 12.5 Å². The van der Waals surface area contributed by atoms with Gasteiger partial charge in [0, 0.05) is 26.4 Å². The molecule has 1 aromatic heterocycles. The van der Waals surface area contributed by atoms with Crippen molar-refractivity contribution in [3.05, 3.63) is 28.8 Å². The molecule has 17 heavy (non-hydrogen) atoms. The van der Waals surface area contributed by atoms with Gasteiger partial charge in [-0.05, 0) is 12.5 Å². The van der Waals surface area contributed by atoms with Crippen molar-refractivity contribution in [2.75, 3.05) is 20.2 Å². The average molecular weight is 259 g/mol. The van der Waals surface area contributed by atoms with Crippen LogP contribution in [0.4, 0.5) is 4.39 Å². The second-order valence-corrected chi connectivity index (χ2v) is 4.25. The molecule has 1 unspecified atom stereocenters. The molecule has 2 heterocycles. The van der Waals surface area contributed by atoms with Crippen molar-refractivity contribution in [1.82, 2.24) is 9.88 Å². The van der Waals surface area contributed by atoms with Gasteiger partial charge < -0.3 is 9.64 Å². The standard InChI is InChI=1S/C11H12ClFN2O2/c1-17-8-2-3-15(6-8)11(16)7-4-9(13)10(12)14-5-7/h4-5,8H,2-3,6H2,1H3. The van der Waals surface area contributed by atoms with Gasteiger partial charge in [-0.15, -0.1) is 0 Å². The summed E-state index contributed by atoms with van der Waals surface area (Å²) in [6.07, 6.45) is 2.14. The molecule has 0 saturated carbocycles. The third-order valence-electron chi connectivity index (χ3n) is 2.81. The fourth-order valence-electron chi connectivity index (χ4n) is 1.83. The Bertz CT molecular complexity index is 441. The van der Waals surface area contributed by atoms with E-state index in [4.69, 9.17) is 16.3 Å². The minimum absolute atomic E-state index is 0.0593. The summed E-state index contributed by atoms with van der Waals surface area (Å²) in [7, 11) is 1.61. The van der Waals surface area contributed by atoms with Crippen LogP contribution in [0.3, 0.4) is 0 Å². The van der Waals surface area contributed by atoms with Crippen LogP contribution in [0.1, 0.15) is 16.8 Å². The summed E-state index contributed by atoms with van der Waals surface area (Å²) in [4.78, 5) is 17.2. The van der Waals surface area contributed by atoms with Crippen molar-refractivity contribution in [3.8, 4) is 0 Å². The fraction of sp³-hybridized carbons (Fsp3) is 0.455. The topological polar surface area (TPSA) is 42.4 Å². The molecule has 1 aromatic rings. The minimum atomic E-state index is -0.681. The van der Waals surface area contributed by atoms with E-state index in [0.29, 0.717) is 13.1 Å². The zero-order valence-electron chi connectivity index (χ0n) is 9.32. The summed E-state index contributed by atoms with van der Waals surface area (Å²) >= 11 is 5.46. The molecule has 1 atom stereocenters. The van der Waals surface area contributed by atoms with Crippen molar-refractivity contribution in [3.63, 3.8) is 0 Å². The van der Waals surface area contributed by atoms with Gasteiger partial charge in [-0.1, -0.05) is 11.6 Å². The van der Waals surface area contributed by atoms with E-state index in [1.807, 2.05) is 0 Å². The van der Waals surface area contributed by atoms with Gasteiger partial charge in [0.15, 0.2) is 11.0 Å². The van der Waals surface area contributed by atoms with Crippen LogP contribution in [0.25, 0.3) is 0 Å². The first-order chi connectivity index (χ1) is 8.11. The average Bonchev–Trinajstić information content (AvgIpc) is 2.80. The molecule has 0 aromatic carbocycles. The van der Waals surface area contributed by atoms with E-state index >= 15 is 0 Å². The molecular weight excluding hydrogens is 247 g/mol. The molecule has 0 N–H and O–H groups in total. The number of ether oxygens (including phenoxy) is 1. The van der Waals surface area contributed by atoms with Gasteiger partial charge in [-0.2, -0.15) is 0 Å². The number of likely N-dealkylation sites (tertiary alicyclic amines) is 1. The second kappa shape index (κ2) is 4.98. The predicted molar refractivity (Wildman–Crippen MR) is 60.5 cm³/mol. The molecule has 1 amide bonds. The third-order valence-corrected chi connectivity index (χ3v) is 3.09. The molecule has 0 radical (unpaired) electrons. The highest BCUT2D eigenvalue weighted by atomic mass is 35.5. The molecule has 1 aliphatic heterocycles. The molecule has 92 valence electrons. The van der Waals surface area contributed by atoms with Gasteiger partial charge in [0.2, 0.25) is 0 Å². The molecule has 0 aliphatic carbocycles. The Labute approximate surface area is 103 Å². The third kappa shape index (κ3) is 2.56. The van der Waals surface area contributed by atoms with Crippen LogP contribution in [0.5, 0.6) is 0 Å². The van der Waals surface area contributed by atoms with E-state index in [9.17, 15) is 9.18 Å². The Morgan fingerprint density at radius 1 is 1.71 bits per heavy atom. The van der Waals surface area contributed by atoms with Crippen LogP contribution in [0.15, 0.2) is 12.3 Å². The van der Waals surface area contributed by atoms with Crippen LogP contribution >= 0.6 is 11.6 Å². The van der Waals surface area contributed by atoms with Gasteiger partial charge >= 0.3 is 0 Å². The van der Waals surface area contributed by atoms with Crippen molar-refractivity contribution < 1.29 is 13.9 Å². The Balaban J connectivity index is 2.12. The van der Waals surface area contributed by atoms with Crippen molar-refractivity contribution >= 4 is 17.5 Å². The first kappa shape index (κ1) is 12.3. The summed E-state index contributed by atoms with van der Waals surface area (Å²) in [6.45, 7) is 1.14. The smallest absolute Gasteiger partial charge is 0.255 e. The number of hydrogen-bond acceptors (Lipinski definition) is 3. The quantitative estimate of drug-likeness (QED) is 0.759. The lowest BCUT2D eigenvalue weighted by Gasteiger charge is -2.15. The lowest BCUT2D eigenvalue weighted by Crippen LogP contribution is -2.30. The van der Waals surface area contributed by atoms with Gasteiger partial charge in [0.25, 0.3) is 5.91 Å². The van der Waals surface area contributed by atoms with Gasteiger partial charge in [-0.3, -0.25) is 4.79 Å². The maximum absolute atomic E-state index is 13.2. The summed E-state index contributed by atoms with van der Waals surface area (Å²) in [5.74, 6) is -0.923. The zero-order valence-corrected chi connectivity index (χ0v) is 10.1. The number of pyridine rings is 1. The number of nitrogens with zero attached hydrogens (tertiary/aromatic N) is 2. The van der Waals surface area contributed by atoms with E-state index in [2.05, 4.69) is 4.98 Å². The maximum Gasteiger partial charge on any atom is 0.255 e. The van der Waals surface area contributed by atoms with Gasteiger partial charge in [0.05, 0.1) is 11.7 Å². The molecule has 2 rings (SSSR count). The SMILES string of the molecule is COC1CCN(C(=O)c2cnc(Cl)c(F)c2)C1. The molecule has 0 spiro atoms. The molecule has 0 bridgehead atoms. The molecule has 4 nitrogen and oxygen atoms in total. The van der Waals surface area contributed by atoms with Crippen molar-refractivity contribution in [1.29, 1.82) is 0 Å². The van der Waals surface area contributed by atoms with Crippen LogP contribution in [0, 0.1) is 5.82 Å². The van der Waals surface area contributed by atoms with Gasteiger partial charge in [0.1, 0.15) is 0 Å². The summed E-state index contributed by atoms with van der Waals surface area (Å²) in [6, 6.07) is 1.11. The van der Waals surface area contributed by atoms with Crippen LogP contribution in [-0.4, -0.2) is 42.1 Å². The van der Waals surface area contributed by atoms with Gasteiger partial charge in [-0.25, -0.2) is 9.37 Å². The highest BCUT2D eigenvalue weighted by Crippen LogP contribution is 2.17. The number of carbonyl (C=O) groups excluding carboxylic acids is 1. The van der Waals surface area contributed by atoms with E-state index in [-0.39, 0.29) is 22.7 Å². The second-order valence-electron chi connectivity index (χ2n) is 3.89. The minimum Gasteiger partial charge on any atom is -0.380 e. The van der Waals surface area contributed by atoms with Crippen molar-refractivity contribution in [2.24, 2.45) is 0 Å². The number of carbonyl (C=O) groups is 1. The Morgan fingerprint density at radius 3 is 3.06 bits per heavy atom. The lowest BCUT2D eigenvalue weighted by atomic mass is 10.2. The number of amides is 1. The van der Waals surface area contributed by atoms with Crippen LogP contribution < -0.4 is 0 Å². The predicted octanol–water partition coefficient (Wildman–Crippen LogP) is 1.74. The number of aromatic nitrogens is 1. The van der Waals surface area contributed by atoms with Crippen molar-refractivity contribution in [2.45, 2.75) is 12.5 Å². The number of methoxy groups -OCH3 is 1. The van der Waals surface area contributed by atoms with E-state index in [1.54, 1.807) is 12.0 Å². The normalized spacial score (nSPS) is 19.7. The monoisotopic (exact) mass is 258 g/mol. The Hall–Kier alpha value is -1.20. The first-order valence-corrected chi connectivity index (χ1v) is 5.62. The Morgan fingerprint density at radius 2 is 2.47 bits per heavy atom. The molecule has 6 heteroatoms. The highest BCUT2D eigenvalue weighted by molar-refractivity contribution is 6.29. The fourth-order valence-corrected chi connectivity index (χ4v) is 1.93. The first-order valence-electron chi connectivity index (χ1n) is 5.25. The maximum atomic E-state index is 13.2. The number of halogens is 2. The summed E-state index contributed by atoms with van der Waals surface area (Å²) in [5, 5.41) is -0.224. The van der Waals surface area contributed by atoms with Crippen LogP contribution in [-0.2, 0) is 4.74 Å². The number of rotatable bonds is 2. The van der Waals surface area contributed by atoms with E-state index < -0.39 is 5.82 Å². The largest absolute Gasteiger partial charge is 0.380 e. The highest BCUT2D eigenvalue weighted by Gasteiger charge is 2.27. The molecule has 1 saturated heterocycles. The number of hydrogen-bond donors (Lipinski definition) is 0. The zero-order chi connectivity index (χ0) is 12.4. The van der Waals surface area contributed by atoms with E-state index in [1.165, 1.54) is 6.20 Å². The molecule has 1 aliphatic rings. The molecule has 1 fully saturated rings. The summed E-state index contributed by atoms with van der Waals surface area (Å²) in [5.41, 5.74) is 0.212. The Kier molecular flexibility index (Phi) is 3.59. The summed E-state index contributed by atoms with van der Waals surface area (Å²) < 4.78 is 18.3. The van der Waals surface area contributed by atoms with Crippen LogP contribution in [0.2, 0.25) is 5.15 Å².